The zero-order valence-electron chi connectivity index (χ0n) is 10.3. The quantitative estimate of drug-likeness (QED) is 0.605. The number of aliphatic hydroxyl groups is 1. The van der Waals surface area contributed by atoms with E-state index in [4.69, 9.17) is 9.84 Å². The lowest BCUT2D eigenvalue weighted by molar-refractivity contribution is -0.137. The van der Waals surface area contributed by atoms with Gasteiger partial charge in [-0.05, 0) is 0 Å². The summed E-state index contributed by atoms with van der Waals surface area (Å²) in [4.78, 5) is 14.8. The number of hydrogen-bond acceptors (Lipinski definition) is 5. The van der Waals surface area contributed by atoms with Crippen LogP contribution in [0.15, 0.2) is 0 Å². The van der Waals surface area contributed by atoms with Gasteiger partial charge in [0.2, 0.25) is 0 Å². The Bertz CT molecular complexity index is 230. The lowest BCUT2D eigenvalue weighted by Gasteiger charge is -2.35. The van der Waals surface area contributed by atoms with Crippen LogP contribution in [0.5, 0.6) is 0 Å². The van der Waals surface area contributed by atoms with Gasteiger partial charge in [0.05, 0.1) is 19.1 Å². The summed E-state index contributed by atoms with van der Waals surface area (Å²) >= 11 is 0. The van der Waals surface area contributed by atoms with E-state index in [1.54, 1.807) is 7.11 Å². The summed E-state index contributed by atoms with van der Waals surface area (Å²) < 4.78 is 4.88. The van der Waals surface area contributed by atoms with Crippen molar-refractivity contribution in [2.45, 2.75) is 12.5 Å². The van der Waals surface area contributed by atoms with Crippen molar-refractivity contribution in [3.63, 3.8) is 0 Å². The maximum Gasteiger partial charge on any atom is 0.304 e. The number of nitrogens with zero attached hydrogens (tertiary/aromatic N) is 2. The first kappa shape index (κ1) is 14.4. The van der Waals surface area contributed by atoms with E-state index >= 15 is 0 Å². The van der Waals surface area contributed by atoms with Gasteiger partial charge in [0.15, 0.2) is 0 Å². The van der Waals surface area contributed by atoms with Gasteiger partial charge in [-0.1, -0.05) is 0 Å². The van der Waals surface area contributed by atoms with Crippen LogP contribution in [0.2, 0.25) is 0 Å². The van der Waals surface area contributed by atoms with Gasteiger partial charge in [-0.3, -0.25) is 9.69 Å². The van der Waals surface area contributed by atoms with E-state index in [-0.39, 0.29) is 6.42 Å². The van der Waals surface area contributed by atoms with Crippen molar-refractivity contribution in [1.82, 2.24) is 9.80 Å². The highest BCUT2D eigenvalue weighted by molar-refractivity contribution is 5.66. The second-order valence-electron chi connectivity index (χ2n) is 4.40. The number of β-amino-alcohol motifs (C(OH)–C–C–N with tert-alkyl or cyclic N) is 1. The topological polar surface area (TPSA) is 73.2 Å². The molecule has 100 valence electrons. The van der Waals surface area contributed by atoms with Crippen molar-refractivity contribution in [1.29, 1.82) is 0 Å². The Labute approximate surface area is 102 Å². The van der Waals surface area contributed by atoms with Crippen LogP contribution in [-0.2, 0) is 9.53 Å². The zero-order chi connectivity index (χ0) is 12.7. The molecule has 2 N–H and O–H groups in total. The van der Waals surface area contributed by atoms with Gasteiger partial charge in [0, 0.05) is 46.4 Å². The van der Waals surface area contributed by atoms with Crippen LogP contribution in [0, 0.1) is 0 Å². The van der Waals surface area contributed by atoms with Crippen LogP contribution < -0.4 is 0 Å². The summed E-state index contributed by atoms with van der Waals surface area (Å²) in [5.41, 5.74) is 0. The Kier molecular flexibility index (Phi) is 6.43. The number of aliphatic carboxylic acids is 1. The van der Waals surface area contributed by atoms with Crippen molar-refractivity contribution in [2.24, 2.45) is 0 Å². The Morgan fingerprint density at radius 2 is 1.88 bits per heavy atom. The molecule has 0 radical (unpaired) electrons. The number of hydrogen-bond donors (Lipinski definition) is 2. The number of methoxy groups -OCH3 is 1. The molecule has 1 unspecified atom stereocenters. The van der Waals surface area contributed by atoms with Gasteiger partial charge in [-0.2, -0.15) is 0 Å². The van der Waals surface area contributed by atoms with E-state index < -0.39 is 12.1 Å². The molecule has 0 spiro atoms. The van der Waals surface area contributed by atoms with Crippen molar-refractivity contribution < 1.29 is 19.7 Å². The Morgan fingerprint density at radius 1 is 1.29 bits per heavy atom. The molecular formula is C11H22N2O4. The SMILES string of the molecule is COCC(O)CN1CCN(CCC(=O)O)CC1. The van der Waals surface area contributed by atoms with E-state index in [1.807, 2.05) is 0 Å². The number of rotatable bonds is 7. The highest BCUT2D eigenvalue weighted by atomic mass is 16.5. The Morgan fingerprint density at radius 3 is 2.41 bits per heavy atom. The van der Waals surface area contributed by atoms with Crippen molar-refractivity contribution in [3.05, 3.63) is 0 Å². The summed E-state index contributed by atoms with van der Waals surface area (Å²) in [6.07, 6.45) is -0.239. The van der Waals surface area contributed by atoms with Gasteiger partial charge in [-0.25, -0.2) is 0 Å². The highest BCUT2D eigenvalue weighted by Gasteiger charge is 2.19. The summed E-state index contributed by atoms with van der Waals surface area (Å²) in [5.74, 6) is -0.747. The third-order valence-corrected chi connectivity index (χ3v) is 2.93. The largest absolute Gasteiger partial charge is 0.481 e. The molecule has 6 nitrogen and oxygen atoms in total. The minimum Gasteiger partial charge on any atom is -0.481 e. The molecule has 0 saturated carbocycles. The lowest BCUT2D eigenvalue weighted by atomic mass is 10.2. The van der Waals surface area contributed by atoms with E-state index in [1.165, 1.54) is 0 Å². The molecule has 0 aromatic carbocycles. The van der Waals surface area contributed by atoms with Crippen LogP contribution in [0.1, 0.15) is 6.42 Å². The first-order valence-corrected chi connectivity index (χ1v) is 5.95. The molecule has 17 heavy (non-hydrogen) atoms. The molecule has 0 amide bonds. The fourth-order valence-electron chi connectivity index (χ4n) is 1.99. The summed E-state index contributed by atoms with van der Waals surface area (Å²) in [6, 6.07) is 0. The smallest absolute Gasteiger partial charge is 0.304 e. The maximum atomic E-state index is 10.4. The molecule has 0 aliphatic carbocycles. The molecule has 0 bridgehead atoms. The molecule has 1 aliphatic rings. The van der Waals surface area contributed by atoms with Crippen LogP contribution in [0.3, 0.4) is 0 Å². The monoisotopic (exact) mass is 246 g/mol. The number of piperazine rings is 1. The zero-order valence-corrected chi connectivity index (χ0v) is 10.3. The van der Waals surface area contributed by atoms with Crippen LogP contribution in [0.25, 0.3) is 0 Å². The third kappa shape index (κ3) is 5.97. The van der Waals surface area contributed by atoms with Crippen molar-refractivity contribution in [2.75, 3.05) is 53.0 Å². The van der Waals surface area contributed by atoms with Gasteiger partial charge in [0.25, 0.3) is 0 Å². The number of carbonyl (C=O) groups is 1. The first-order chi connectivity index (χ1) is 8.11. The standard InChI is InChI=1S/C11H22N2O4/c1-17-9-10(14)8-13-6-4-12(5-7-13)3-2-11(15)16/h10,14H,2-9H2,1H3,(H,15,16). The molecule has 1 atom stereocenters. The fraction of sp³-hybridized carbons (Fsp3) is 0.909. The normalized spacial score (nSPS) is 20.4. The first-order valence-electron chi connectivity index (χ1n) is 5.95. The summed E-state index contributed by atoms with van der Waals surface area (Å²) in [5, 5.41) is 18.2. The van der Waals surface area contributed by atoms with Gasteiger partial charge < -0.3 is 19.8 Å². The Hall–Kier alpha value is -0.690. The number of ether oxygens (including phenoxy) is 1. The van der Waals surface area contributed by atoms with E-state index in [0.29, 0.717) is 19.7 Å². The van der Waals surface area contributed by atoms with E-state index in [2.05, 4.69) is 9.80 Å². The molecule has 6 heteroatoms. The minimum atomic E-state index is -0.747. The average Bonchev–Trinajstić information content (AvgIpc) is 2.28. The summed E-state index contributed by atoms with van der Waals surface area (Å²) in [7, 11) is 1.58. The number of aliphatic hydroxyl groups excluding tert-OH is 1. The van der Waals surface area contributed by atoms with Crippen LogP contribution >= 0.6 is 0 Å². The second kappa shape index (κ2) is 7.60. The molecule has 1 saturated heterocycles. The average molecular weight is 246 g/mol. The van der Waals surface area contributed by atoms with Crippen LogP contribution in [0.4, 0.5) is 0 Å². The van der Waals surface area contributed by atoms with E-state index in [0.717, 1.165) is 26.2 Å². The lowest BCUT2D eigenvalue weighted by Crippen LogP contribution is -2.49. The number of carboxylic acids is 1. The van der Waals surface area contributed by atoms with Crippen LogP contribution in [-0.4, -0.2) is 85.1 Å². The predicted octanol–water partition coefficient (Wildman–Crippen LogP) is -0.914. The van der Waals surface area contributed by atoms with Gasteiger partial charge >= 0.3 is 5.97 Å². The highest BCUT2D eigenvalue weighted by Crippen LogP contribution is 2.03. The second-order valence-corrected chi connectivity index (χ2v) is 4.40. The summed E-state index contributed by atoms with van der Waals surface area (Å²) in [6.45, 7) is 5.09. The fourth-order valence-corrected chi connectivity index (χ4v) is 1.99. The van der Waals surface area contributed by atoms with Crippen molar-refractivity contribution >= 4 is 5.97 Å². The molecule has 0 aromatic rings. The molecule has 0 aromatic heterocycles. The number of carboxylic acid groups (broad SMARTS) is 1. The molecule has 1 aliphatic heterocycles. The maximum absolute atomic E-state index is 10.4. The predicted molar refractivity (Wildman–Crippen MR) is 63.0 cm³/mol. The molecule has 1 fully saturated rings. The molecule has 1 rings (SSSR count). The molecule has 1 heterocycles. The van der Waals surface area contributed by atoms with Gasteiger partial charge in [0.1, 0.15) is 0 Å². The van der Waals surface area contributed by atoms with E-state index in [9.17, 15) is 9.90 Å². The Balaban J connectivity index is 2.14. The minimum absolute atomic E-state index is 0.201. The van der Waals surface area contributed by atoms with Crippen molar-refractivity contribution in [3.8, 4) is 0 Å². The third-order valence-electron chi connectivity index (χ3n) is 2.93. The van der Waals surface area contributed by atoms with Gasteiger partial charge in [-0.15, -0.1) is 0 Å². The molecular weight excluding hydrogens is 224 g/mol.